The van der Waals surface area contributed by atoms with E-state index in [1.165, 1.54) is 44.2 Å². The molecular weight excluding hydrogens is 268 g/mol. The van der Waals surface area contributed by atoms with Gasteiger partial charge in [0.2, 0.25) is 0 Å². The van der Waals surface area contributed by atoms with Gasteiger partial charge in [-0.1, -0.05) is 11.8 Å². The third-order valence-corrected chi connectivity index (χ3v) is 2.72. The molecule has 0 aliphatic heterocycles. The minimum atomic E-state index is -0.565. The molecule has 0 fully saturated rings. The van der Waals surface area contributed by atoms with Crippen molar-refractivity contribution in [3.63, 3.8) is 0 Å². The first-order valence-electron chi connectivity index (χ1n) is 5.21. The summed E-state index contributed by atoms with van der Waals surface area (Å²) >= 11 is 1.26. The predicted octanol–water partition coefficient (Wildman–Crippen LogP) is 1.57. The Morgan fingerprint density at radius 2 is 1.58 bits per heavy atom. The predicted molar refractivity (Wildman–Crippen MR) is 73.9 cm³/mol. The number of nitrogens with two attached hydrogens (primary N) is 1. The second kappa shape index (κ2) is 6.79. The molecule has 0 spiro atoms. The van der Waals surface area contributed by atoms with Crippen molar-refractivity contribution in [3.8, 4) is 0 Å². The fraction of sp³-hybridized carbons (Fsp3) is 0.250. The van der Waals surface area contributed by atoms with Gasteiger partial charge < -0.3 is 15.2 Å². The molecule has 0 unspecified atom stereocenters. The normalized spacial score (nSPS) is 11.0. The van der Waals surface area contributed by atoms with Crippen LogP contribution < -0.4 is 5.73 Å². The summed E-state index contributed by atoms with van der Waals surface area (Å²) < 4.78 is 9.23. The van der Waals surface area contributed by atoms with Crippen LogP contribution in [-0.2, 0) is 9.47 Å². The van der Waals surface area contributed by atoms with Crippen LogP contribution in [0.15, 0.2) is 23.2 Å². The first-order valence-corrected chi connectivity index (χ1v) is 6.44. The van der Waals surface area contributed by atoms with E-state index in [4.69, 9.17) is 5.73 Å². The second-order valence-corrected chi connectivity index (χ2v) is 4.23. The first kappa shape index (κ1) is 15.0. The van der Waals surface area contributed by atoms with E-state index in [0.29, 0.717) is 10.9 Å². The molecule has 0 heterocycles. The Balaban J connectivity index is 3.31. The summed E-state index contributed by atoms with van der Waals surface area (Å²) in [5, 5.41) is 0.317. The summed E-state index contributed by atoms with van der Waals surface area (Å²) in [4.78, 5) is 27.1. The highest BCUT2D eigenvalue weighted by molar-refractivity contribution is 8.13. The van der Waals surface area contributed by atoms with Gasteiger partial charge in [0.15, 0.2) is 5.17 Å². The monoisotopic (exact) mass is 282 g/mol. The SMILES string of the molecule is COC(=O)c1cc(N=C(N)SC)cc(C(=O)OC)c1. The number of amidine groups is 1. The van der Waals surface area contributed by atoms with E-state index >= 15 is 0 Å². The van der Waals surface area contributed by atoms with E-state index in [9.17, 15) is 9.59 Å². The number of methoxy groups -OCH3 is 2. The zero-order chi connectivity index (χ0) is 14.4. The van der Waals surface area contributed by atoms with Gasteiger partial charge in [0, 0.05) is 0 Å². The van der Waals surface area contributed by atoms with Crippen LogP contribution in [0.5, 0.6) is 0 Å². The van der Waals surface area contributed by atoms with Crippen molar-refractivity contribution in [1.29, 1.82) is 0 Å². The maximum atomic E-state index is 11.5. The Labute approximate surface area is 115 Å². The Bertz CT molecular complexity index is 494. The highest BCUT2D eigenvalue weighted by Gasteiger charge is 2.13. The summed E-state index contributed by atoms with van der Waals surface area (Å²) in [6.45, 7) is 0. The van der Waals surface area contributed by atoms with Crippen molar-refractivity contribution in [3.05, 3.63) is 29.3 Å². The molecule has 2 N–H and O–H groups in total. The van der Waals surface area contributed by atoms with Crippen LogP contribution in [-0.4, -0.2) is 37.6 Å². The highest BCUT2D eigenvalue weighted by atomic mass is 32.2. The zero-order valence-corrected chi connectivity index (χ0v) is 11.6. The molecule has 0 saturated heterocycles. The third kappa shape index (κ3) is 3.99. The summed E-state index contributed by atoms with van der Waals surface area (Å²) in [6.07, 6.45) is 1.77. The molecule has 19 heavy (non-hydrogen) atoms. The standard InChI is InChI=1S/C12H14N2O4S/c1-17-10(15)7-4-8(11(16)18-2)6-9(5-7)14-12(13)19-3/h4-6H,1-3H3,(H2,13,14). The van der Waals surface area contributed by atoms with E-state index < -0.39 is 11.9 Å². The lowest BCUT2D eigenvalue weighted by atomic mass is 10.1. The lowest BCUT2D eigenvalue weighted by molar-refractivity contribution is 0.0599. The molecule has 0 bridgehead atoms. The molecule has 7 heteroatoms. The van der Waals surface area contributed by atoms with Gasteiger partial charge in [-0.25, -0.2) is 14.6 Å². The molecule has 1 aromatic carbocycles. The maximum Gasteiger partial charge on any atom is 0.337 e. The van der Waals surface area contributed by atoms with Gasteiger partial charge in [0.05, 0.1) is 31.0 Å². The molecule has 102 valence electrons. The molecule has 0 amide bonds. The van der Waals surface area contributed by atoms with E-state index in [-0.39, 0.29) is 11.1 Å². The maximum absolute atomic E-state index is 11.5. The van der Waals surface area contributed by atoms with Crippen molar-refractivity contribution in [2.75, 3.05) is 20.5 Å². The first-order chi connectivity index (χ1) is 9.01. The summed E-state index contributed by atoms with van der Waals surface area (Å²) in [5.74, 6) is -1.13. The lowest BCUT2D eigenvalue weighted by Gasteiger charge is -2.05. The number of aliphatic imine (C=N–C) groups is 1. The lowest BCUT2D eigenvalue weighted by Crippen LogP contribution is -2.07. The third-order valence-electron chi connectivity index (χ3n) is 2.21. The summed E-state index contributed by atoms with van der Waals surface area (Å²) in [6, 6.07) is 4.36. The number of nitrogens with zero attached hydrogens (tertiary/aromatic N) is 1. The minimum Gasteiger partial charge on any atom is -0.465 e. The molecule has 0 atom stereocenters. The zero-order valence-electron chi connectivity index (χ0n) is 10.8. The van der Waals surface area contributed by atoms with E-state index in [2.05, 4.69) is 14.5 Å². The number of esters is 2. The minimum absolute atomic E-state index is 0.207. The topological polar surface area (TPSA) is 91.0 Å². The number of carbonyl (C=O) groups excluding carboxylic acids is 2. The molecule has 1 aromatic rings. The fourth-order valence-electron chi connectivity index (χ4n) is 1.32. The van der Waals surface area contributed by atoms with Gasteiger partial charge in [0.25, 0.3) is 0 Å². The fourth-order valence-corrected chi connectivity index (χ4v) is 1.52. The summed E-state index contributed by atoms with van der Waals surface area (Å²) in [7, 11) is 2.51. The van der Waals surface area contributed by atoms with Crippen LogP contribution >= 0.6 is 11.8 Å². The average Bonchev–Trinajstić information content (AvgIpc) is 2.44. The van der Waals surface area contributed by atoms with Crippen molar-refractivity contribution in [1.82, 2.24) is 0 Å². The van der Waals surface area contributed by atoms with Crippen molar-refractivity contribution < 1.29 is 19.1 Å². The van der Waals surface area contributed by atoms with Crippen LogP contribution in [0, 0.1) is 0 Å². The molecule has 0 aromatic heterocycles. The highest BCUT2D eigenvalue weighted by Crippen LogP contribution is 2.20. The number of benzene rings is 1. The smallest absolute Gasteiger partial charge is 0.337 e. The van der Waals surface area contributed by atoms with E-state index in [0.717, 1.165) is 0 Å². The van der Waals surface area contributed by atoms with Gasteiger partial charge in [-0.3, -0.25) is 0 Å². The largest absolute Gasteiger partial charge is 0.465 e. The van der Waals surface area contributed by atoms with Gasteiger partial charge in [-0.2, -0.15) is 0 Å². The number of thioether (sulfide) groups is 1. The number of rotatable bonds is 3. The number of ether oxygens (including phenoxy) is 2. The van der Waals surface area contributed by atoms with Crippen molar-refractivity contribution >= 4 is 34.6 Å². The molecule has 0 saturated carbocycles. The quantitative estimate of drug-likeness (QED) is 0.514. The Kier molecular flexibility index (Phi) is 5.37. The molecule has 6 nitrogen and oxygen atoms in total. The molecule has 1 rings (SSSR count). The number of carbonyl (C=O) groups is 2. The van der Waals surface area contributed by atoms with Crippen LogP contribution in [0.1, 0.15) is 20.7 Å². The average molecular weight is 282 g/mol. The molecule has 0 aliphatic carbocycles. The van der Waals surface area contributed by atoms with E-state index in [1.807, 2.05) is 0 Å². The van der Waals surface area contributed by atoms with Gasteiger partial charge in [-0.15, -0.1) is 0 Å². The van der Waals surface area contributed by atoms with E-state index in [1.54, 1.807) is 6.26 Å². The number of hydrogen-bond acceptors (Lipinski definition) is 6. The van der Waals surface area contributed by atoms with Gasteiger partial charge in [0.1, 0.15) is 0 Å². The second-order valence-electron chi connectivity index (χ2n) is 3.41. The molecular formula is C12H14N2O4S. The van der Waals surface area contributed by atoms with Crippen LogP contribution in [0.25, 0.3) is 0 Å². The Morgan fingerprint density at radius 1 is 1.11 bits per heavy atom. The van der Waals surface area contributed by atoms with Gasteiger partial charge >= 0.3 is 11.9 Å². The molecule has 0 radical (unpaired) electrons. The summed E-state index contributed by atoms with van der Waals surface area (Å²) in [5.41, 5.74) is 6.40. The molecule has 0 aliphatic rings. The Morgan fingerprint density at radius 3 is 1.95 bits per heavy atom. The van der Waals surface area contributed by atoms with Crippen LogP contribution in [0.2, 0.25) is 0 Å². The van der Waals surface area contributed by atoms with Gasteiger partial charge in [-0.05, 0) is 24.5 Å². The van der Waals surface area contributed by atoms with Crippen LogP contribution in [0.4, 0.5) is 5.69 Å². The van der Waals surface area contributed by atoms with Crippen molar-refractivity contribution in [2.45, 2.75) is 0 Å². The number of hydrogen-bond donors (Lipinski definition) is 1. The van der Waals surface area contributed by atoms with Crippen molar-refractivity contribution in [2.24, 2.45) is 10.7 Å². The van der Waals surface area contributed by atoms with Crippen LogP contribution in [0.3, 0.4) is 0 Å². The Hall–Kier alpha value is -2.02.